The SMILES string of the molecule is O=C(c1cc(-c2cccnc2)on1)N1CCC[C@@H]1c1ncc[nH]1. The summed E-state index contributed by atoms with van der Waals surface area (Å²) in [6.07, 6.45) is 8.68. The molecule has 4 rings (SSSR count). The van der Waals surface area contributed by atoms with Gasteiger partial charge in [0.25, 0.3) is 5.91 Å². The number of nitrogens with one attached hydrogen (secondary N) is 1. The number of amides is 1. The van der Waals surface area contributed by atoms with E-state index in [9.17, 15) is 4.79 Å². The highest BCUT2D eigenvalue weighted by atomic mass is 16.5. The van der Waals surface area contributed by atoms with E-state index in [0.29, 0.717) is 18.0 Å². The quantitative estimate of drug-likeness (QED) is 0.803. The lowest BCUT2D eigenvalue weighted by atomic mass is 10.2. The molecule has 7 heteroatoms. The number of H-pyrrole nitrogens is 1. The second kappa shape index (κ2) is 5.68. The fourth-order valence-electron chi connectivity index (χ4n) is 2.92. The van der Waals surface area contributed by atoms with Crippen LogP contribution in [0.5, 0.6) is 0 Å². The molecule has 0 bridgehead atoms. The second-order valence-corrected chi connectivity index (χ2v) is 5.45. The van der Waals surface area contributed by atoms with Gasteiger partial charge in [-0.25, -0.2) is 4.98 Å². The third kappa shape index (κ3) is 2.50. The molecule has 116 valence electrons. The first kappa shape index (κ1) is 13.7. The number of aromatic nitrogens is 4. The molecule has 0 aromatic carbocycles. The van der Waals surface area contributed by atoms with E-state index < -0.39 is 0 Å². The summed E-state index contributed by atoms with van der Waals surface area (Å²) < 4.78 is 5.30. The van der Waals surface area contributed by atoms with Crippen LogP contribution < -0.4 is 0 Å². The Labute approximate surface area is 132 Å². The molecule has 1 saturated heterocycles. The zero-order valence-corrected chi connectivity index (χ0v) is 12.3. The number of likely N-dealkylation sites (tertiary alicyclic amines) is 1. The molecule has 0 radical (unpaired) electrons. The van der Waals surface area contributed by atoms with Gasteiger partial charge < -0.3 is 14.4 Å². The monoisotopic (exact) mass is 309 g/mol. The van der Waals surface area contributed by atoms with Gasteiger partial charge in [0, 0.05) is 43.0 Å². The van der Waals surface area contributed by atoms with Crippen molar-refractivity contribution in [1.29, 1.82) is 0 Å². The molecule has 1 N–H and O–H groups in total. The maximum Gasteiger partial charge on any atom is 0.276 e. The molecule has 0 unspecified atom stereocenters. The highest BCUT2D eigenvalue weighted by Crippen LogP contribution is 2.31. The summed E-state index contributed by atoms with van der Waals surface area (Å²) in [5.41, 5.74) is 1.10. The van der Waals surface area contributed by atoms with Gasteiger partial charge in [0.15, 0.2) is 11.5 Å². The van der Waals surface area contributed by atoms with E-state index in [-0.39, 0.29) is 11.9 Å². The Morgan fingerprint density at radius 1 is 1.39 bits per heavy atom. The Morgan fingerprint density at radius 2 is 2.35 bits per heavy atom. The summed E-state index contributed by atoms with van der Waals surface area (Å²) in [6, 6.07) is 5.31. The van der Waals surface area contributed by atoms with Crippen LogP contribution in [-0.4, -0.2) is 37.5 Å². The summed E-state index contributed by atoms with van der Waals surface area (Å²) in [6.45, 7) is 0.694. The summed E-state index contributed by atoms with van der Waals surface area (Å²) in [5, 5.41) is 3.93. The minimum atomic E-state index is -0.136. The van der Waals surface area contributed by atoms with Crippen molar-refractivity contribution < 1.29 is 9.32 Å². The molecule has 1 atom stereocenters. The van der Waals surface area contributed by atoms with Crippen LogP contribution in [0, 0.1) is 0 Å². The lowest BCUT2D eigenvalue weighted by Crippen LogP contribution is -2.31. The minimum Gasteiger partial charge on any atom is -0.355 e. The van der Waals surface area contributed by atoms with E-state index >= 15 is 0 Å². The molecule has 0 aliphatic carbocycles. The number of rotatable bonds is 3. The number of carbonyl (C=O) groups excluding carboxylic acids is 1. The topological polar surface area (TPSA) is 87.9 Å². The highest BCUT2D eigenvalue weighted by Gasteiger charge is 2.33. The smallest absolute Gasteiger partial charge is 0.276 e. The van der Waals surface area contributed by atoms with Crippen molar-refractivity contribution >= 4 is 5.91 Å². The number of aromatic amines is 1. The Kier molecular flexibility index (Phi) is 3.38. The third-order valence-corrected chi connectivity index (χ3v) is 4.02. The predicted molar refractivity (Wildman–Crippen MR) is 81.3 cm³/mol. The Morgan fingerprint density at radius 3 is 3.13 bits per heavy atom. The molecule has 23 heavy (non-hydrogen) atoms. The average molecular weight is 309 g/mol. The van der Waals surface area contributed by atoms with Gasteiger partial charge in [0.2, 0.25) is 0 Å². The second-order valence-electron chi connectivity index (χ2n) is 5.45. The van der Waals surface area contributed by atoms with Gasteiger partial charge in [-0.3, -0.25) is 9.78 Å². The molecule has 1 aliphatic heterocycles. The van der Waals surface area contributed by atoms with Gasteiger partial charge in [-0.2, -0.15) is 0 Å². The molecule has 3 aromatic heterocycles. The van der Waals surface area contributed by atoms with E-state index in [1.165, 1.54) is 0 Å². The number of nitrogens with zero attached hydrogens (tertiary/aromatic N) is 4. The minimum absolute atomic E-state index is 0.0314. The first-order valence-corrected chi connectivity index (χ1v) is 7.50. The summed E-state index contributed by atoms with van der Waals surface area (Å²) >= 11 is 0. The Balaban J connectivity index is 1.59. The first-order chi connectivity index (χ1) is 11.3. The van der Waals surface area contributed by atoms with Crippen LogP contribution in [0.3, 0.4) is 0 Å². The fraction of sp³-hybridized carbons (Fsp3) is 0.250. The number of carbonyl (C=O) groups is 1. The molecular weight excluding hydrogens is 294 g/mol. The molecule has 0 spiro atoms. The zero-order valence-electron chi connectivity index (χ0n) is 12.3. The molecular formula is C16H15N5O2. The van der Waals surface area contributed by atoms with E-state index in [1.807, 2.05) is 12.1 Å². The van der Waals surface area contributed by atoms with Gasteiger partial charge in [-0.1, -0.05) is 5.16 Å². The third-order valence-electron chi connectivity index (χ3n) is 4.02. The van der Waals surface area contributed by atoms with Gasteiger partial charge >= 0.3 is 0 Å². The lowest BCUT2D eigenvalue weighted by Gasteiger charge is -2.21. The van der Waals surface area contributed by atoms with Crippen molar-refractivity contribution in [3.05, 3.63) is 54.5 Å². The van der Waals surface area contributed by atoms with Crippen LogP contribution in [0.25, 0.3) is 11.3 Å². The van der Waals surface area contributed by atoms with Gasteiger partial charge in [-0.15, -0.1) is 0 Å². The van der Waals surface area contributed by atoms with Gasteiger partial charge in [0.1, 0.15) is 5.82 Å². The van der Waals surface area contributed by atoms with Gasteiger partial charge in [-0.05, 0) is 25.0 Å². The molecule has 3 aromatic rings. The van der Waals surface area contributed by atoms with Gasteiger partial charge in [0.05, 0.1) is 6.04 Å². The van der Waals surface area contributed by atoms with E-state index in [0.717, 1.165) is 24.2 Å². The van der Waals surface area contributed by atoms with Crippen molar-refractivity contribution in [3.63, 3.8) is 0 Å². The van der Waals surface area contributed by atoms with E-state index in [2.05, 4.69) is 20.1 Å². The largest absolute Gasteiger partial charge is 0.355 e. The predicted octanol–water partition coefficient (Wildman–Crippen LogP) is 2.44. The molecule has 4 heterocycles. The molecule has 1 aliphatic rings. The first-order valence-electron chi connectivity index (χ1n) is 7.50. The Bertz CT molecular complexity index is 797. The number of hydrogen-bond donors (Lipinski definition) is 1. The van der Waals surface area contributed by atoms with Crippen molar-refractivity contribution in [2.45, 2.75) is 18.9 Å². The van der Waals surface area contributed by atoms with Crippen LogP contribution >= 0.6 is 0 Å². The molecule has 7 nitrogen and oxygen atoms in total. The number of hydrogen-bond acceptors (Lipinski definition) is 5. The zero-order chi connectivity index (χ0) is 15.6. The summed E-state index contributed by atoms with van der Waals surface area (Å²) in [7, 11) is 0. The van der Waals surface area contributed by atoms with Crippen LogP contribution in [0.1, 0.15) is 35.2 Å². The van der Waals surface area contributed by atoms with Crippen LogP contribution in [0.4, 0.5) is 0 Å². The summed E-state index contributed by atoms with van der Waals surface area (Å²) in [4.78, 5) is 25.9. The van der Waals surface area contributed by atoms with Crippen molar-refractivity contribution in [1.82, 2.24) is 25.0 Å². The number of pyridine rings is 1. The van der Waals surface area contributed by atoms with E-state index in [1.54, 1.807) is 35.8 Å². The highest BCUT2D eigenvalue weighted by molar-refractivity contribution is 5.93. The molecule has 1 amide bonds. The van der Waals surface area contributed by atoms with Crippen LogP contribution in [0.2, 0.25) is 0 Å². The van der Waals surface area contributed by atoms with E-state index in [4.69, 9.17) is 4.52 Å². The number of imidazole rings is 1. The molecule has 1 fully saturated rings. The Hall–Kier alpha value is -2.96. The summed E-state index contributed by atoms with van der Waals surface area (Å²) in [5.74, 6) is 1.21. The van der Waals surface area contributed by atoms with Crippen molar-refractivity contribution in [2.24, 2.45) is 0 Å². The average Bonchev–Trinajstić information content (AvgIpc) is 3.34. The normalized spacial score (nSPS) is 17.6. The van der Waals surface area contributed by atoms with Crippen LogP contribution in [-0.2, 0) is 0 Å². The van der Waals surface area contributed by atoms with Crippen LogP contribution in [0.15, 0.2) is 47.5 Å². The fourth-order valence-corrected chi connectivity index (χ4v) is 2.92. The maximum atomic E-state index is 12.7. The molecule has 0 saturated carbocycles. The van der Waals surface area contributed by atoms with Crippen molar-refractivity contribution in [2.75, 3.05) is 6.54 Å². The maximum absolute atomic E-state index is 12.7. The standard InChI is InChI=1S/C16H15N5O2/c22-16(21-8-2-4-13(21)15-18-6-7-19-15)12-9-14(23-20-12)11-3-1-5-17-10-11/h1,3,5-7,9-10,13H,2,4,8H2,(H,18,19)/t13-/m1/s1. The lowest BCUT2D eigenvalue weighted by molar-refractivity contribution is 0.0720. The van der Waals surface area contributed by atoms with Crippen molar-refractivity contribution in [3.8, 4) is 11.3 Å².